The molecule has 0 aliphatic rings. The zero-order valence-electron chi connectivity index (χ0n) is 7.47. The molecule has 0 unspecified atom stereocenters. The normalized spacial score (nSPS) is 10.1. The molecule has 0 N–H and O–H groups in total. The number of hydrogen-bond donors (Lipinski definition) is 0. The second-order valence-electron chi connectivity index (χ2n) is 2.66. The summed E-state index contributed by atoms with van der Waals surface area (Å²) < 4.78 is 0. The Balaban J connectivity index is 2.48. The summed E-state index contributed by atoms with van der Waals surface area (Å²) in [7, 11) is 0. The molecule has 0 bridgehead atoms. The Kier molecular flexibility index (Phi) is 2.32. The van der Waals surface area contributed by atoms with Crippen LogP contribution in [-0.4, -0.2) is 21.2 Å². The molecule has 0 fully saturated rings. The van der Waals surface area contributed by atoms with Gasteiger partial charge in [0.25, 0.3) is 0 Å². The van der Waals surface area contributed by atoms with Crippen LogP contribution in [0.2, 0.25) is 0 Å². The Hall–Kier alpha value is -1.62. The van der Waals surface area contributed by atoms with Crippen LogP contribution in [0.25, 0.3) is 10.8 Å². The zero-order valence-corrected chi connectivity index (χ0v) is 8.28. The van der Waals surface area contributed by atoms with Crippen molar-refractivity contribution in [3.05, 3.63) is 29.0 Å². The van der Waals surface area contributed by atoms with E-state index in [9.17, 15) is 4.79 Å². The number of aromatic nitrogens is 3. The van der Waals surface area contributed by atoms with E-state index in [0.717, 1.165) is 12.0 Å². The third kappa shape index (κ3) is 1.54. The van der Waals surface area contributed by atoms with E-state index in [0.29, 0.717) is 15.7 Å². The van der Waals surface area contributed by atoms with E-state index >= 15 is 0 Å². The summed E-state index contributed by atoms with van der Waals surface area (Å²) in [6, 6.07) is 1.74. The number of aldehydes is 1. The Morgan fingerprint density at radius 2 is 2.07 bits per heavy atom. The molecule has 0 aliphatic heterocycles. The molecule has 0 aliphatic carbocycles. The maximum absolute atomic E-state index is 10.6. The van der Waals surface area contributed by atoms with Crippen molar-refractivity contribution in [3.8, 4) is 10.8 Å². The van der Waals surface area contributed by atoms with Gasteiger partial charge in [0.1, 0.15) is 0 Å². The monoisotopic (exact) mass is 205 g/mol. The molecule has 4 nitrogen and oxygen atoms in total. The van der Waals surface area contributed by atoms with Crippen LogP contribution in [0.1, 0.15) is 15.4 Å². The number of hydrogen-bond acceptors (Lipinski definition) is 5. The first-order valence-corrected chi connectivity index (χ1v) is 4.83. The maximum atomic E-state index is 10.6. The highest BCUT2D eigenvalue weighted by atomic mass is 32.1. The standard InChI is InChI=1S/C9H7N3OS/c1-6-7(5-13)14-9(12-6)8-10-3-2-4-11-8/h2-5H,1H3. The average molecular weight is 205 g/mol. The van der Waals surface area contributed by atoms with Crippen LogP contribution in [0, 0.1) is 6.92 Å². The summed E-state index contributed by atoms with van der Waals surface area (Å²) in [5.74, 6) is 0.564. The lowest BCUT2D eigenvalue weighted by atomic mass is 10.4. The van der Waals surface area contributed by atoms with Crippen LogP contribution >= 0.6 is 11.3 Å². The number of nitrogens with zero attached hydrogens (tertiary/aromatic N) is 3. The molecule has 0 saturated carbocycles. The highest BCUT2D eigenvalue weighted by molar-refractivity contribution is 7.16. The molecule has 0 aromatic carbocycles. The van der Waals surface area contributed by atoms with Crippen LogP contribution in [0.4, 0.5) is 0 Å². The molecule has 2 aromatic rings. The first kappa shape index (κ1) is 8.96. The van der Waals surface area contributed by atoms with Gasteiger partial charge in [-0.25, -0.2) is 15.0 Å². The number of aryl methyl sites for hydroxylation is 1. The lowest BCUT2D eigenvalue weighted by Crippen LogP contribution is -1.85. The third-order valence-corrected chi connectivity index (χ3v) is 2.78. The predicted molar refractivity (Wildman–Crippen MR) is 53.3 cm³/mol. The van der Waals surface area contributed by atoms with E-state index in [1.165, 1.54) is 11.3 Å². The quantitative estimate of drug-likeness (QED) is 0.700. The topological polar surface area (TPSA) is 55.7 Å². The van der Waals surface area contributed by atoms with Crippen molar-refractivity contribution >= 4 is 17.6 Å². The van der Waals surface area contributed by atoms with Crippen LogP contribution < -0.4 is 0 Å². The van der Waals surface area contributed by atoms with Gasteiger partial charge in [0.05, 0.1) is 10.6 Å². The molecule has 2 rings (SSSR count). The summed E-state index contributed by atoms with van der Waals surface area (Å²) in [4.78, 5) is 23.6. The summed E-state index contributed by atoms with van der Waals surface area (Å²) in [5.41, 5.74) is 0.729. The van der Waals surface area contributed by atoms with Crippen molar-refractivity contribution in [2.75, 3.05) is 0 Å². The fraction of sp³-hybridized carbons (Fsp3) is 0.111. The van der Waals surface area contributed by atoms with Gasteiger partial charge in [-0.1, -0.05) is 0 Å². The Bertz CT molecular complexity index is 452. The van der Waals surface area contributed by atoms with Crippen molar-refractivity contribution in [2.24, 2.45) is 0 Å². The average Bonchev–Trinajstić information content (AvgIpc) is 2.61. The molecule has 70 valence electrons. The molecule has 0 saturated heterocycles. The molecule has 0 radical (unpaired) electrons. The SMILES string of the molecule is Cc1nc(-c2ncccn2)sc1C=O. The van der Waals surface area contributed by atoms with Gasteiger partial charge < -0.3 is 0 Å². The third-order valence-electron chi connectivity index (χ3n) is 1.70. The number of carbonyl (C=O) groups is 1. The van der Waals surface area contributed by atoms with Gasteiger partial charge in [-0.05, 0) is 13.0 Å². The minimum atomic E-state index is 0.564. The fourth-order valence-corrected chi connectivity index (χ4v) is 1.85. The lowest BCUT2D eigenvalue weighted by Gasteiger charge is -1.90. The van der Waals surface area contributed by atoms with Gasteiger partial charge in [-0.2, -0.15) is 0 Å². The maximum Gasteiger partial charge on any atom is 0.188 e. The summed E-state index contributed by atoms with van der Waals surface area (Å²) in [5, 5.41) is 0.685. The second-order valence-corrected chi connectivity index (χ2v) is 3.69. The van der Waals surface area contributed by atoms with E-state index < -0.39 is 0 Å². The van der Waals surface area contributed by atoms with Crippen LogP contribution in [0.5, 0.6) is 0 Å². The number of rotatable bonds is 2. The Morgan fingerprint density at radius 1 is 1.36 bits per heavy atom. The molecule has 0 spiro atoms. The molecule has 0 atom stereocenters. The van der Waals surface area contributed by atoms with Crippen LogP contribution in [0.15, 0.2) is 18.5 Å². The molecule has 5 heteroatoms. The number of carbonyl (C=O) groups excluding carboxylic acids is 1. The molecule has 14 heavy (non-hydrogen) atoms. The predicted octanol–water partition coefficient (Wildman–Crippen LogP) is 1.72. The van der Waals surface area contributed by atoms with Crippen molar-refractivity contribution in [2.45, 2.75) is 6.92 Å². The molecular formula is C9H7N3OS. The smallest absolute Gasteiger partial charge is 0.188 e. The highest BCUT2D eigenvalue weighted by Crippen LogP contribution is 2.23. The van der Waals surface area contributed by atoms with E-state index in [4.69, 9.17) is 0 Å². The van der Waals surface area contributed by atoms with Crippen molar-refractivity contribution in [1.29, 1.82) is 0 Å². The molecule has 2 aromatic heterocycles. The van der Waals surface area contributed by atoms with Gasteiger partial charge in [0.2, 0.25) is 0 Å². The second kappa shape index (κ2) is 3.63. The van der Waals surface area contributed by atoms with Crippen LogP contribution in [0.3, 0.4) is 0 Å². The van der Waals surface area contributed by atoms with Crippen molar-refractivity contribution in [1.82, 2.24) is 15.0 Å². The van der Waals surface area contributed by atoms with Gasteiger partial charge in [0.15, 0.2) is 17.1 Å². The van der Waals surface area contributed by atoms with E-state index in [-0.39, 0.29) is 0 Å². The van der Waals surface area contributed by atoms with E-state index in [1.54, 1.807) is 25.4 Å². The summed E-state index contributed by atoms with van der Waals surface area (Å²) in [6.07, 6.45) is 4.11. The molecule has 0 amide bonds. The van der Waals surface area contributed by atoms with E-state index in [2.05, 4.69) is 15.0 Å². The highest BCUT2D eigenvalue weighted by Gasteiger charge is 2.09. The van der Waals surface area contributed by atoms with Gasteiger partial charge in [-0.3, -0.25) is 4.79 Å². The molecule has 2 heterocycles. The summed E-state index contributed by atoms with van der Waals surface area (Å²) in [6.45, 7) is 1.80. The van der Waals surface area contributed by atoms with E-state index in [1.807, 2.05) is 0 Å². The Labute approximate surface area is 84.7 Å². The minimum Gasteiger partial charge on any atom is -0.297 e. The summed E-state index contributed by atoms with van der Waals surface area (Å²) >= 11 is 1.31. The van der Waals surface area contributed by atoms with Crippen molar-refractivity contribution in [3.63, 3.8) is 0 Å². The van der Waals surface area contributed by atoms with Gasteiger partial charge in [-0.15, -0.1) is 11.3 Å². The first-order valence-electron chi connectivity index (χ1n) is 4.01. The van der Waals surface area contributed by atoms with Gasteiger partial charge >= 0.3 is 0 Å². The fourth-order valence-electron chi connectivity index (χ4n) is 1.02. The largest absolute Gasteiger partial charge is 0.297 e. The first-order chi connectivity index (χ1) is 6.81. The number of thiazole rings is 1. The molecular weight excluding hydrogens is 198 g/mol. The van der Waals surface area contributed by atoms with Crippen molar-refractivity contribution < 1.29 is 4.79 Å². The van der Waals surface area contributed by atoms with Crippen LogP contribution in [-0.2, 0) is 0 Å². The minimum absolute atomic E-state index is 0.564. The lowest BCUT2D eigenvalue weighted by molar-refractivity contribution is 0.112. The Morgan fingerprint density at radius 3 is 2.64 bits per heavy atom. The zero-order chi connectivity index (χ0) is 9.97. The van der Waals surface area contributed by atoms with Gasteiger partial charge in [0, 0.05) is 12.4 Å².